The van der Waals surface area contributed by atoms with Gasteiger partial charge in [0.05, 0.1) is 19.1 Å². The van der Waals surface area contributed by atoms with Gasteiger partial charge in [-0.2, -0.15) is 0 Å². The van der Waals surface area contributed by atoms with Crippen molar-refractivity contribution in [3.05, 3.63) is 0 Å². The van der Waals surface area contributed by atoms with Crippen LogP contribution in [0.3, 0.4) is 0 Å². The SMILES string of the molecule is CCCCCCCCCCCCCC(=O)OC(CCCCCCCCCCCC)C(=O)O[C@@H]1[C@@H](NC(=O)C[C@H](O)CCCCCCCCCCC)[C@H](O)O[C@H](COC(=O)CN(C)C)[C@H]1OP(=O)(O)O. The van der Waals surface area contributed by atoms with E-state index in [1.165, 1.54) is 94.8 Å². The van der Waals surface area contributed by atoms with Crippen LogP contribution in [0.1, 0.15) is 239 Å². The first-order valence-electron chi connectivity index (χ1n) is 27.4. The minimum atomic E-state index is -5.41. The van der Waals surface area contributed by atoms with Crippen molar-refractivity contribution in [1.29, 1.82) is 0 Å². The Balaban J connectivity index is 3.22. The second-order valence-corrected chi connectivity index (χ2v) is 20.9. The molecule has 0 aromatic rings. The molecule has 0 aromatic carbocycles. The van der Waals surface area contributed by atoms with Crippen molar-refractivity contribution in [1.82, 2.24) is 10.2 Å². The van der Waals surface area contributed by atoms with E-state index in [-0.39, 0.29) is 25.8 Å². The van der Waals surface area contributed by atoms with Crippen LogP contribution < -0.4 is 5.32 Å². The monoisotopic (exact) mass is 1010 g/mol. The number of rotatable bonds is 45. The third kappa shape index (κ3) is 34.8. The molecule has 16 nitrogen and oxygen atoms in total. The minimum Gasteiger partial charge on any atom is -0.462 e. The summed E-state index contributed by atoms with van der Waals surface area (Å²) in [7, 11) is -2.14. The third-order valence-corrected chi connectivity index (χ3v) is 13.3. The lowest BCUT2D eigenvalue weighted by Crippen LogP contribution is -2.66. The van der Waals surface area contributed by atoms with Crippen LogP contribution >= 0.6 is 7.82 Å². The van der Waals surface area contributed by atoms with Crippen molar-refractivity contribution >= 4 is 31.6 Å². The van der Waals surface area contributed by atoms with Crippen LogP contribution in [0.4, 0.5) is 0 Å². The van der Waals surface area contributed by atoms with Crippen LogP contribution in [0.15, 0.2) is 0 Å². The number of carbonyl (C=O) groups excluding carboxylic acids is 4. The Hall–Kier alpha value is -2.17. The molecule has 69 heavy (non-hydrogen) atoms. The van der Waals surface area contributed by atoms with Gasteiger partial charge in [-0.25, -0.2) is 9.36 Å². The van der Waals surface area contributed by atoms with E-state index < -0.39 is 81.1 Å². The predicted molar refractivity (Wildman–Crippen MR) is 269 cm³/mol. The fraction of sp³-hybridized carbons (Fsp3) is 0.923. The van der Waals surface area contributed by atoms with Gasteiger partial charge in [-0.05, 0) is 39.8 Å². The molecule has 1 aliphatic heterocycles. The van der Waals surface area contributed by atoms with Crippen molar-refractivity contribution in [2.24, 2.45) is 0 Å². The van der Waals surface area contributed by atoms with Crippen LogP contribution in [0.2, 0.25) is 0 Å². The van der Waals surface area contributed by atoms with E-state index in [1.54, 1.807) is 14.1 Å². The molecule has 1 amide bonds. The molecule has 0 bridgehead atoms. The molecule has 1 fully saturated rings. The van der Waals surface area contributed by atoms with E-state index in [0.717, 1.165) is 83.5 Å². The molecule has 0 aliphatic carbocycles. The average Bonchev–Trinajstić information content (AvgIpc) is 3.28. The summed E-state index contributed by atoms with van der Waals surface area (Å²) in [6, 6.07) is -1.67. The summed E-state index contributed by atoms with van der Waals surface area (Å²) in [5, 5.41) is 24.7. The van der Waals surface area contributed by atoms with Crippen LogP contribution in [-0.4, -0.2) is 119 Å². The van der Waals surface area contributed by atoms with Gasteiger partial charge >= 0.3 is 25.7 Å². The number of phosphoric acid groups is 1. The number of carbonyl (C=O) groups is 4. The highest BCUT2D eigenvalue weighted by Crippen LogP contribution is 2.42. The average molecular weight is 1010 g/mol. The molecule has 406 valence electrons. The zero-order chi connectivity index (χ0) is 51.1. The Labute approximate surface area is 417 Å². The number of nitrogens with one attached hydrogen (secondary N) is 1. The van der Waals surface area contributed by atoms with E-state index >= 15 is 0 Å². The van der Waals surface area contributed by atoms with Crippen molar-refractivity contribution in [3.8, 4) is 0 Å². The summed E-state index contributed by atoms with van der Waals surface area (Å²) in [6.07, 6.45) is 22.6. The number of ether oxygens (including phenoxy) is 4. The van der Waals surface area contributed by atoms with Gasteiger partial charge in [0.15, 0.2) is 18.5 Å². The molecule has 7 atom stereocenters. The molecular formula is C52H99N2O14P. The van der Waals surface area contributed by atoms with E-state index in [9.17, 15) is 43.7 Å². The Morgan fingerprint density at radius 1 is 0.623 bits per heavy atom. The first-order chi connectivity index (χ1) is 33.1. The van der Waals surface area contributed by atoms with Gasteiger partial charge in [0.1, 0.15) is 24.9 Å². The molecule has 1 aliphatic rings. The van der Waals surface area contributed by atoms with Gasteiger partial charge in [-0.3, -0.25) is 23.8 Å². The van der Waals surface area contributed by atoms with Crippen molar-refractivity contribution in [2.75, 3.05) is 27.2 Å². The van der Waals surface area contributed by atoms with Gasteiger partial charge < -0.3 is 44.3 Å². The summed E-state index contributed by atoms with van der Waals surface area (Å²) in [5.41, 5.74) is 0. The highest BCUT2D eigenvalue weighted by molar-refractivity contribution is 7.46. The predicted octanol–water partition coefficient (Wildman–Crippen LogP) is 10.3. The van der Waals surface area contributed by atoms with E-state index in [0.29, 0.717) is 25.7 Å². The Kier molecular flexibility index (Phi) is 38.8. The number of likely N-dealkylation sites (N-methyl/N-ethyl adjacent to an activating group) is 1. The van der Waals surface area contributed by atoms with Crippen LogP contribution in [0.5, 0.6) is 0 Å². The van der Waals surface area contributed by atoms with Crippen LogP contribution in [0.25, 0.3) is 0 Å². The largest absolute Gasteiger partial charge is 0.470 e. The summed E-state index contributed by atoms with van der Waals surface area (Å²) in [6.45, 7) is 5.76. The zero-order valence-electron chi connectivity index (χ0n) is 43.8. The molecular weight excluding hydrogens is 908 g/mol. The number of unbranched alkanes of at least 4 members (excludes halogenated alkanes) is 27. The topological polar surface area (TPSA) is 228 Å². The van der Waals surface area contributed by atoms with Gasteiger partial charge in [0.2, 0.25) is 5.91 Å². The molecule has 5 N–H and O–H groups in total. The summed E-state index contributed by atoms with van der Waals surface area (Å²) >= 11 is 0. The molecule has 1 saturated heterocycles. The number of aliphatic hydroxyl groups is 2. The number of aliphatic hydroxyl groups excluding tert-OH is 2. The van der Waals surface area contributed by atoms with E-state index in [2.05, 4.69) is 26.1 Å². The standard InChI is InChI=1S/C52H99N2O14P/c1-6-9-12-15-18-21-23-26-29-32-35-38-46(57)65-43(37-34-31-28-25-22-19-16-13-10-7-2)51(59)67-50-48(53-45(56)39-42(55)36-33-30-27-24-20-17-14-11-8-3)52(60)66-44(49(50)68-69(61,62)63)41-64-47(58)40-54(4)5/h42-44,48-50,52,55,60H,6-41H2,1-5H3,(H,53,56)(H2,61,62,63)/t42-,43?,44-,48-,49-,50-,52-/m1/s1. The van der Waals surface area contributed by atoms with Crippen molar-refractivity contribution < 1.29 is 67.2 Å². The molecule has 1 unspecified atom stereocenters. The summed E-state index contributed by atoms with van der Waals surface area (Å²) < 4.78 is 40.4. The minimum absolute atomic E-state index is 0.0825. The maximum atomic E-state index is 14.3. The number of hydrogen-bond acceptors (Lipinski definition) is 13. The highest BCUT2D eigenvalue weighted by atomic mass is 31.2. The van der Waals surface area contributed by atoms with Gasteiger partial charge in [-0.1, -0.05) is 201 Å². The number of phosphoric ester groups is 1. The van der Waals surface area contributed by atoms with Gasteiger partial charge in [0.25, 0.3) is 0 Å². The molecule has 0 spiro atoms. The smallest absolute Gasteiger partial charge is 0.462 e. The maximum Gasteiger partial charge on any atom is 0.470 e. The molecule has 0 saturated carbocycles. The number of hydrogen-bond donors (Lipinski definition) is 5. The Bertz CT molecular complexity index is 1370. The maximum absolute atomic E-state index is 14.3. The highest BCUT2D eigenvalue weighted by Gasteiger charge is 2.52. The number of nitrogens with zero attached hydrogens (tertiary/aromatic N) is 1. The second-order valence-electron chi connectivity index (χ2n) is 19.8. The molecule has 17 heteroatoms. The Morgan fingerprint density at radius 3 is 1.51 bits per heavy atom. The van der Waals surface area contributed by atoms with Gasteiger partial charge in [0, 0.05) is 6.42 Å². The summed E-state index contributed by atoms with van der Waals surface area (Å²) in [4.78, 5) is 75.3. The van der Waals surface area contributed by atoms with Crippen LogP contribution in [0, 0.1) is 0 Å². The lowest BCUT2D eigenvalue weighted by Gasteiger charge is -2.44. The molecule has 1 heterocycles. The van der Waals surface area contributed by atoms with Crippen molar-refractivity contribution in [3.63, 3.8) is 0 Å². The van der Waals surface area contributed by atoms with E-state index in [1.807, 2.05) is 0 Å². The molecule has 0 aromatic heterocycles. The lowest BCUT2D eigenvalue weighted by molar-refractivity contribution is -0.259. The van der Waals surface area contributed by atoms with E-state index in [4.69, 9.17) is 23.5 Å². The zero-order valence-corrected chi connectivity index (χ0v) is 44.7. The third-order valence-electron chi connectivity index (χ3n) is 12.8. The number of amides is 1. The fourth-order valence-corrected chi connectivity index (χ4v) is 9.34. The first kappa shape index (κ1) is 64.8. The lowest BCUT2D eigenvalue weighted by atomic mass is 9.96. The normalized spacial score (nSPS) is 19.3. The van der Waals surface area contributed by atoms with Crippen molar-refractivity contribution in [2.45, 2.75) is 282 Å². The Morgan fingerprint density at radius 2 is 1.06 bits per heavy atom. The summed E-state index contributed by atoms with van der Waals surface area (Å²) in [5.74, 6) is -3.13. The second kappa shape index (κ2) is 41.3. The first-order valence-corrected chi connectivity index (χ1v) is 28.9. The molecule has 0 radical (unpaired) electrons. The fourth-order valence-electron chi connectivity index (χ4n) is 8.77. The van der Waals surface area contributed by atoms with Crippen LogP contribution in [-0.2, 0) is 47.2 Å². The molecule has 1 rings (SSSR count). The van der Waals surface area contributed by atoms with Gasteiger partial charge in [-0.15, -0.1) is 0 Å². The quantitative estimate of drug-likeness (QED) is 0.0165. The number of esters is 3.